The maximum Gasteiger partial charge on any atom is 0.137 e. The number of hydrogen-bond donors (Lipinski definition) is 1. The molecule has 5 heteroatoms. The molecule has 0 unspecified atom stereocenters. The largest absolute Gasteiger partial charge is 0.352 e. The van der Waals surface area contributed by atoms with Crippen LogP contribution in [0.2, 0.25) is 0 Å². The van der Waals surface area contributed by atoms with Crippen LogP contribution in [0.3, 0.4) is 0 Å². The Bertz CT molecular complexity index is 887. The Labute approximate surface area is 154 Å². The van der Waals surface area contributed by atoms with Crippen molar-refractivity contribution in [3.05, 3.63) is 72.1 Å². The maximum atomic E-state index is 4.78. The number of imidazole rings is 1. The lowest BCUT2D eigenvalue weighted by atomic mass is 9.85. The van der Waals surface area contributed by atoms with Crippen LogP contribution >= 0.6 is 0 Å². The molecule has 26 heavy (non-hydrogen) atoms. The van der Waals surface area contributed by atoms with Crippen molar-refractivity contribution in [2.75, 3.05) is 13.2 Å². The van der Waals surface area contributed by atoms with E-state index in [9.17, 15) is 0 Å². The van der Waals surface area contributed by atoms with Crippen molar-refractivity contribution in [3.63, 3.8) is 0 Å². The van der Waals surface area contributed by atoms with Gasteiger partial charge >= 0.3 is 0 Å². The third-order valence-corrected chi connectivity index (χ3v) is 5.54. The molecule has 1 N–H and O–H groups in total. The van der Waals surface area contributed by atoms with Crippen LogP contribution in [0, 0.1) is 5.92 Å². The Morgan fingerprint density at radius 2 is 2.12 bits per heavy atom. The summed E-state index contributed by atoms with van der Waals surface area (Å²) in [5.74, 6) is 0.900. The van der Waals surface area contributed by atoms with Crippen LogP contribution in [0.25, 0.3) is 5.65 Å². The SMILES string of the molecule is C1=CC2=CN(Cc3cn4cc(CNCC5CCC5)ccc4n3)CN2C=C1. The third kappa shape index (κ3) is 3.15. The molecule has 0 saturated heterocycles. The van der Waals surface area contributed by atoms with Gasteiger partial charge in [-0.25, -0.2) is 4.98 Å². The zero-order valence-electron chi connectivity index (χ0n) is 15.0. The molecule has 1 fully saturated rings. The summed E-state index contributed by atoms with van der Waals surface area (Å²) in [4.78, 5) is 9.34. The highest BCUT2D eigenvalue weighted by Crippen LogP contribution is 2.25. The zero-order chi connectivity index (χ0) is 17.3. The molecular formula is C21H25N5. The first-order valence-electron chi connectivity index (χ1n) is 9.58. The van der Waals surface area contributed by atoms with E-state index < -0.39 is 0 Å². The lowest BCUT2D eigenvalue weighted by molar-refractivity contribution is 0.301. The second-order valence-electron chi connectivity index (χ2n) is 7.58. The van der Waals surface area contributed by atoms with Gasteiger partial charge < -0.3 is 19.5 Å². The van der Waals surface area contributed by atoms with Crippen molar-refractivity contribution in [2.45, 2.75) is 32.4 Å². The van der Waals surface area contributed by atoms with E-state index in [1.165, 1.54) is 30.5 Å². The Morgan fingerprint density at radius 3 is 2.96 bits per heavy atom. The fourth-order valence-electron chi connectivity index (χ4n) is 3.85. The van der Waals surface area contributed by atoms with Gasteiger partial charge in [-0.1, -0.05) is 18.6 Å². The molecule has 0 amide bonds. The lowest BCUT2D eigenvalue weighted by Crippen LogP contribution is -2.26. The van der Waals surface area contributed by atoms with E-state index in [0.717, 1.165) is 43.6 Å². The molecule has 2 aromatic heterocycles. The van der Waals surface area contributed by atoms with E-state index >= 15 is 0 Å². The third-order valence-electron chi connectivity index (χ3n) is 5.54. The maximum absolute atomic E-state index is 4.78. The Balaban J connectivity index is 1.24. The van der Waals surface area contributed by atoms with E-state index in [0.29, 0.717) is 0 Å². The molecule has 0 bridgehead atoms. The van der Waals surface area contributed by atoms with Gasteiger partial charge in [-0.2, -0.15) is 0 Å². The van der Waals surface area contributed by atoms with Gasteiger partial charge in [-0.15, -0.1) is 0 Å². The van der Waals surface area contributed by atoms with Crippen LogP contribution in [0.5, 0.6) is 0 Å². The Hall–Kier alpha value is -2.53. The topological polar surface area (TPSA) is 35.8 Å². The Morgan fingerprint density at radius 1 is 1.15 bits per heavy atom. The van der Waals surface area contributed by atoms with Crippen LogP contribution in [-0.4, -0.2) is 32.4 Å². The average Bonchev–Trinajstić information content (AvgIpc) is 3.19. The van der Waals surface area contributed by atoms with Crippen molar-refractivity contribution >= 4 is 5.65 Å². The minimum atomic E-state index is 0.832. The molecule has 1 saturated carbocycles. The molecule has 1 aliphatic carbocycles. The number of rotatable bonds is 6. The van der Waals surface area contributed by atoms with E-state index in [-0.39, 0.29) is 0 Å². The molecule has 5 nitrogen and oxygen atoms in total. The van der Waals surface area contributed by atoms with E-state index in [1.54, 1.807) is 0 Å². The fourth-order valence-corrected chi connectivity index (χ4v) is 3.85. The average molecular weight is 347 g/mol. The summed E-state index contributed by atoms with van der Waals surface area (Å²) in [7, 11) is 0. The quantitative estimate of drug-likeness (QED) is 0.870. The second kappa shape index (κ2) is 6.65. The first-order valence-corrected chi connectivity index (χ1v) is 9.58. The number of pyridine rings is 1. The molecule has 0 spiro atoms. The minimum absolute atomic E-state index is 0.832. The monoisotopic (exact) mass is 347 g/mol. The van der Waals surface area contributed by atoms with Crippen LogP contribution < -0.4 is 5.32 Å². The normalized spacial score (nSPS) is 19.2. The van der Waals surface area contributed by atoms with Crippen LogP contribution in [0.4, 0.5) is 0 Å². The van der Waals surface area contributed by atoms with Gasteiger partial charge in [0.05, 0.1) is 24.6 Å². The molecule has 134 valence electrons. The van der Waals surface area contributed by atoms with Gasteiger partial charge in [-0.3, -0.25) is 0 Å². The fraction of sp³-hybridized carbons (Fsp3) is 0.381. The summed E-state index contributed by atoms with van der Waals surface area (Å²) in [5, 5.41) is 3.59. The lowest BCUT2D eigenvalue weighted by Gasteiger charge is -2.25. The molecule has 3 aliphatic rings. The van der Waals surface area contributed by atoms with Gasteiger partial charge in [0.2, 0.25) is 0 Å². The molecule has 2 aliphatic heterocycles. The summed E-state index contributed by atoms with van der Waals surface area (Å²) in [6, 6.07) is 4.31. The molecular weight excluding hydrogens is 322 g/mol. The summed E-state index contributed by atoms with van der Waals surface area (Å²) >= 11 is 0. The second-order valence-corrected chi connectivity index (χ2v) is 7.58. The molecule has 5 rings (SSSR count). The van der Waals surface area contributed by atoms with Crippen molar-refractivity contribution < 1.29 is 0 Å². The van der Waals surface area contributed by atoms with Gasteiger partial charge in [0.15, 0.2) is 0 Å². The Kier molecular flexibility index (Phi) is 4.02. The van der Waals surface area contributed by atoms with E-state index in [2.05, 4.69) is 74.7 Å². The van der Waals surface area contributed by atoms with Crippen molar-refractivity contribution in [3.8, 4) is 0 Å². The molecule has 4 heterocycles. The highest BCUT2D eigenvalue weighted by molar-refractivity contribution is 5.41. The van der Waals surface area contributed by atoms with Crippen LogP contribution in [0.15, 0.2) is 60.9 Å². The first-order chi connectivity index (χ1) is 12.8. The van der Waals surface area contributed by atoms with Crippen LogP contribution in [-0.2, 0) is 13.1 Å². The zero-order valence-corrected chi connectivity index (χ0v) is 15.0. The molecule has 0 aromatic carbocycles. The molecule has 0 radical (unpaired) electrons. The number of fused-ring (bicyclic) bond motifs is 2. The standard InChI is InChI=1S/C21H25N5/c1-2-9-25-16-24(15-20(25)6-1)13-19-14-26-12-18(7-8-21(26)23-19)11-22-10-17-4-3-5-17/h1-2,6-9,12,14-15,17,22H,3-5,10-11,13,16H2. The predicted octanol–water partition coefficient (Wildman–Crippen LogP) is 3.22. The summed E-state index contributed by atoms with van der Waals surface area (Å²) < 4.78 is 2.16. The van der Waals surface area contributed by atoms with Crippen molar-refractivity contribution in [1.29, 1.82) is 0 Å². The van der Waals surface area contributed by atoms with Crippen molar-refractivity contribution in [2.24, 2.45) is 5.92 Å². The summed E-state index contributed by atoms with van der Waals surface area (Å²) in [5.41, 5.74) is 4.69. The number of aromatic nitrogens is 2. The first kappa shape index (κ1) is 15.7. The smallest absolute Gasteiger partial charge is 0.137 e. The predicted molar refractivity (Wildman–Crippen MR) is 103 cm³/mol. The highest BCUT2D eigenvalue weighted by Gasteiger charge is 2.19. The summed E-state index contributed by atoms with van der Waals surface area (Å²) in [6.07, 6.45) is 19.2. The van der Waals surface area contributed by atoms with Gasteiger partial charge in [0, 0.05) is 31.3 Å². The van der Waals surface area contributed by atoms with Gasteiger partial charge in [-0.05, 0) is 49.1 Å². The van der Waals surface area contributed by atoms with E-state index in [4.69, 9.17) is 4.98 Å². The highest BCUT2D eigenvalue weighted by atomic mass is 15.3. The number of allylic oxidation sites excluding steroid dienone is 3. The number of hydrogen-bond acceptors (Lipinski definition) is 4. The van der Waals surface area contributed by atoms with E-state index in [1.807, 2.05) is 0 Å². The minimum Gasteiger partial charge on any atom is -0.352 e. The number of nitrogens with one attached hydrogen (secondary N) is 1. The van der Waals surface area contributed by atoms with Crippen molar-refractivity contribution in [1.82, 2.24) is 24.5 Å². The van der Waals surface area contributed by atoms with Gasteiger partial charge in [0.25, 0.3) is 0 Å². The molecule has 0 atom stereocenters. The summed E-state index contributed by atoms with van der Waals surface area (Å²) in [6.45, 7) is 3.81. The number of nitrogens with zero attached hydrogens (tertiary/aromatic N) is 4. The molecule has 2 aromatic rings. The van der Waals surface area contributed by atoms with Gasteiger partial charge in [0.1, 0.15) is 5.65 Å². The van der Waals surface area contributed by atoms with Crippen LogP contribution in [0.1, 0.15) is 30.5 Å².